The summed E-state index contributed by atoms with van der Waals surface area (Å²) >= 11 is 5.87. The number of carbonyl (C=O) groups is 3. The Bertz CT molecular complexity index is 1020. The first kappa shape index (κ1) is 19.0. The zero-order chi connectivity index (χ0) is 20.5. The Kier molecular flexibility index (Phi) is 4.96. The van der Waals surface area contributed by atoms with Crippen LogP contribution in [0.1, 0.15) is 5.56 Å². The first-order valence-electron chi connectivity index (χ1n) is 8.79. The average molecular weight is 415 g/mol. The van der Waals surface area contributed by atoms with Crippen LogP contribution in [0.5, 0.6) is 11.5 Å². The van der Waals surface area contributed by atoms with Crippen molar-refractivity contribution in [3.8, 4) is 11.5 Å². The van der Waals surface area contributed by atoms with E-state index in [0.717, 1.165) is 10.5 Å². The number of hydrogen-bond donors (Lipinski definition) is 2. The van der Waals surface area contributed by atoms with Gasteiger partial charge >= 0.3 is 6.03 Å². The molecule has 9 heteroatoms. The standard InChI is InChI=1S/C20H16ClN3O5/c1-11(22-9-12-2-7-15-16(8-12)29-10-28-15)17-18(25)23-20(27)24(19(17)26)14-5-3-13(21)4-6-14/h2-8,17,22H,1,9-10H2,(H,23,25,27)/p+1/t17-/m0/s1. The van der Waals surface area contributed by atoms with Crippen molar-refractivity contribution in [1.29, 1.82) is 0 Å². The first-order chi connectivity index (χ1) is 13.9. The molecule has 2 aliphatic rings. The number of halogens is 1. The molecule has 2 aliphatic heterocycles. The molecule has 0 bridgehead atoms. The summed E-state index contributed by atoms with van der Waals surface area (Å²) in [6, 6.07) is 10.9. The fourth-order valence-electron chi connectivity index (χ4n) is 3.17. The van der Waals surface area contributed by atoms with Crippen molar-refractivity contribution in [2.75, 3.05) is 11.7 Å². The second-order valence-corrected chi connectivity index (χ2v) is 6.98. The molecule has 3 N–H and O–H groups in total. The van der Waals surface area contributed by atoms with Crippen LogP contribution in [0.3, 0.4) is 0 Å². The van der Waals surface area contributed by atoms with Gasteiger partial charge in [0.05, 0.1) is 5.69 Å². The molecule has 0 saturated carbocycles. The second-order valence-electron chi connectivity index (χ2n) is 6.55. The summed E-state index contributed by atoms with van der Waals surface area (Å²) in [7, 11) is 0. The number of hydrogen-bond acceptors (Lipinski definition) is 5. The van der Waals surface area contributed by atoms with Gasteiger partial charge in [-0.25, -0.2) is 9.69 Å². The number of nitrogens with one attached hydrogen (secondary N) is 1. The van der Waals surface area contributed by atoms with Gasteiger partial charge in [-0.2, -0.15) is 0 Å². The van der Waals surface area contributed by atoms with Gasteiger partial charge in [0.2, 0.25) is 6.79 Å². The molecular weight excluding hydrogens is 398 g/mol. The van der Waals surface area contributed by atoms with Crippen molar-refractivity contribution in [2.45, 2.75) is 6.54 Å². The molecule has 29 heavy (non-hydrogen) atoms. The molecule has 4 amide bonds. The molecule has 148 valence electrons. The normalized spacial score (nSPS) is 18.0. The van der Waals surface area contributed by atoms with Gasteiger partial charge in [-0.15, -0.1) is 0 Å². The lowest BCUT2D eigenvalue weighted by molar-refractivity contribution is -0.626. The summed E-state index contributed by atoms with van der Waals surface area (Å²) in [4.78, 5) is 38.4. The van der Waals surface area contributed by atoms with E-state index >= 15 is 0 Å². The fourth-order valence-corrected chi connectivity index (χ4v) is 3.30. The maximum Gasteiger partial charge on any atom is 0.335 e. The number of fused-ring (bicyclic) bond motifs is 1. The quantitative estimate of drug-likeness (QED) is 0.723. The van der Waals surface area contributed by atoms with E-state index in [1.807, 2.05) is 12.1 Å². The Morgan fingerprint density at radius 2 is 1.86 bits per heavy atom. The number of urea groups is 1. The van der Waals surface area contributed by atoms with Gasteiger partial charge in [0, 0.05) is 10.6 Å². The van der Waals surface area contributed by atoms with Crippen molar-refractivity contribution < 1.29 is 29.2 Å². The molecule has 1 fully saturated rings. The maximum absolute atomic E-state index is 12.9. The molecule has 2 heterocycles. The minimum Gasteiger partial charge on any atom is -0.454 e. The van der Waals surface area contributed by atoms with Crippen LogP contribution in [0.4, 0.5) is 10.5 Å². The summed E-state index contributed by atoms with van der Waals surface area (Å²) in [6.07, 6.45) is 0. The van der Waals surface area contributed by atoms with E-state index in [1.54, 1.807) is 23.5 Å². The van der Waals surface area contributed by atoms with E-state index in [4.69, 9.17) is 21.1 Å². The average Bonchev–Trinajstić information content (AvgIpc) is 3.15. The van der Waals surface area contributed by atoms with Gasteiger partial charge in [0.1, 0.15) is 12.2 Å². The van der Waals surface area contributed by atoms with Crippen molar-refractivity contribution in [3.05, 3.63) is 65.3 Å². The fraction of sp³-hybridized carbons (Fsp3) is 0.150. The van der Waals surface area contributed by atoms with Crippen LogP contribution < -0.4 is 25.0 Å². The lowest BCUT2D eigenvalue weighted by Gasteiger charge is -2.29. The number of nitrogens with two attached hydrogens (primary N) is 1. The molecule has 2 aromatic carbocycles. The van der Waals surface area contributed by atoms with Crippen LogP contribution in [-0.4, -0.2) is 24.6 Å². The highest BCUT2D eigenvalue weighted by Gasteiger charge is 2.44. The van der Waals surface area contributed by atoms with Gasteiger partial charge in [0.15, 0.2) is 17.4 Å². The number of anilines is 1. The number of imide groups is 2. The minimum absolute atomic E-state index is 0.181. The van der Waals surface area contributed by atoms with Crippen LogP contribution in [0.2, 0.25) is 5.02 Å². The number of amides is 4. The van der Waals surface area contributed by atoms with Gasteiger partial charge in [0.25, 0.3) is 11.8 Å². The first-order valence-corrected chi connectivity index (χ1v) is 9.17. The van der Waals surface area contributed by atoms with Gasteiger partial charge in [-0.3, -0.25) is 14.9 Å². The van der Waals surface area contributed by atoms with Crippen molar-refractivity contribution in [2.24, 2.45) is 5.92 Å². The Hall–Kier alpha value is -3.36. The van der Waals surface area contributed by atoms with E-state index in [1.165, 1.54) is 12.1 Å². The second kappa shape index (κ2) is 7.57. The minimum atomic E-state index is -1.20. The highest BCUT2D eigenvalue weighted by atomic mass is 35.5. The molecule has 2 aromatic rings. The molecule has 8 nitrogen and oxygen atoms in total. The molecule has 4 rings (SSSR count). The third kappa shape index (κ3) is 3.67. The van der Waals surface area contributed by atoms with Crippen LogP contribution in [0, 0.1) is 5.92 Å². The van der Waals surface area contributed by atoms with Gasteiger partial charge in [-0.05, 0) is 49.0 Å². The number of barbiturate groups is 1. The zero-order valence-corrected chi connectivity index (χ0v) is 15.9. The largest absolute Gasteiger partial charge is 0.454 e. The van der Waals surface area contributed by atoms with Crippen LogP contribution in [-0.2, 0) is 16.1 Å². The van der Waals surface area contributed by atoms with Gasteiger partial charge < -0.3 is 14.8 Å². The molecule has 0 radical (unpaired) electrons. The number of nitrogens with zero attached hydrogens (tertiary/aromatic N) is 1. The lowest BCUT2D eigenvalue weighted by Crippen LogP contribution is -2.83. The third-order valence-electron chi connectivity index (χ3n) is 4.66. The number of benzene rings is 2. The monoisotopic (exact) mass is 414 g/mol. The predicted octanol–water partition coefficient (Wildman–Crippen LogP) is 1.54. The Balaban J connectivity index is 1.49. The number of ether oxygens (including phenoxy) is 2. The Morgan fingerprint density at radius 1 is 1.14 bits per heavy atom. The molecule has 1 saturated heterocycles. The van der Waals surface area contributed by atoms with E-state index in [2.05, 4.69) is 11.9 Å². The van der Waals surface area contributed by atoms with Crippen molar-refractivity contribution >= 4 is 35.1 Å². The van der Waals surface area contributed by atoms with Crippen molar-refractivity contribution in [1.82, 2.24) is 5.32 Å². The summed E-state index contributed by atoms with van der Waals surface area (Å²) in [5.74, 6) is -1.23. The maximum atomic E-state index is 12.9. The highest BCUT2D eigenvalue weighted by Crippen LogP contribution is 2.32. The predicted molar refractivity (Wildman–Crippen MR) is 103 cm³/mol. The summed E-state index contributed by atoms with van der Waals surface area (Å²) < 4.78 is 10.6. The molecule has 1 atom stereocenters. The number of carbonyl (C=O) groups excluding carboxylic acids is 3. The van der Waals surface area contributed by atoms with E-state index in [-0.39, 0.29) is 6.79 Å². The summed E-state index contributed by atoms with van der Waals surface area (Å²) in [5, 5.41) is 4.37. The van der Waals surface area contributed by atoms with Crippen LogP contribution in [0.15, 0.2) is 54.7 Å². The summed E-state index contributed by atoms with van der Waals surface area (Å²) in [6.45, 7) is 4.49. The smallest absolute Gasteiger partial charge is 0.335 e. The van der Waals surface area contributed by atoms with Crippen LogP contribution >= 0.6 is 11.6 Å². The molecule has 0 spiro atoms. The Morgan fingerprint density at radius 3 is 2.62 bits per heavy atom. The topological polar surface area (TPSA) is 102 Å². The molecule has 0 unspecified atom stereocenters. The zero-order valence-electron chi connectivity index (χ0n) is 15.2. The van der Waals surface area contributed by atoms with Crippen molar-refractivity contribution in [3.63, 3.8) is 0 Å². The Labute approximate surface area is 171 Å². The van der Waals surface area contributed by atoms with E-state index in [0.29, 0.717) is 34.5 Å². The SMILES string of the molecule is C=C([NH2+]Cc1ccc2c(c1)OCO2)[C@H]1C(=O)NC(=O)N(c2ccc(Cl)cc2)C1=O. The molecule has 0 aliphatic carbocycles. The van der Waals surface area contributed by atoms with E-state index in [9.17, 15) is 14.4 Å². The van der Waals surface area contributed by atoms with Gasteiger partial charge in [-0.1, -0.05) is 11.6 Å². The molecule has 0 aromatic heterocycles. The summed E-state index contributed by atoms with van der Waals surface area (Å²) in [5.41, 5.74) is 1.53. The lowest BCUT2D eigenvalue weighted by atomic mass is 10.0. The number of rotatable bonds is 5. The highest BCUT2D eigenvalue weighted by molar-refractivity contribution is 6.31. The van der Waals surface area contributed by atoms with E-state index < -0.39 is 23.8 Å². The van der Waals surface area contributed by atoms with Crippen LogP contribution in [0.25, 0.3) is 0 Å². The third-order valence-corrected chi connectivity index (χ3v) is 4.91. The molecular formula is C20H17ClN3O5+. The number of quaternary nitrogens is 1.